The van der Waals surface area contributed by atoms with E-state index in [0.717, 1.165) is 0 Å². The average molecular weight is 432 g/mol. The summed E-state index contributed by atoms with van der Waals surface area (Å²) < 4.78 is 12.2. The first-order valence-electron chi connectivity index (χ1n) is 9.56. The van der Waals surface area contributed by atoms with Crippen molar-refractivity contribution in [3.63, 3.8) is 0 Å². The molecule has 160 valence electrons. The number of allylic oxidation sites excluding steroid dienone is 1. The van der Waals surface area contributed by atoms with E-state index in [-0.39, 0.29) is 24.0 Å². The van der Waals surface area contributed by atoms with Crippen molar-refractivity contribution in [3.8, 4) is 5.75 Å². The number of hydrogen-bond donors (Lipinski definition) is 1. The van der Waals surface area contributed by atoms with Gasteiger partial charge >= 0.3 is 0 Å². The van der Waals surface area contributed by atoms with Crippen molar-refractivity contribution < 1.29 is 19.1 Å². The molecule has 0 atom stereocenters. The second-order valence-corrected chi connectivity index (χ2v) is 7.48. The first-order chi connectivity index (χ1) is 14.6. The van der Waals surface area contributed by atoms with Crippen molar-refractivity contribution in [2.45, 2.75) is 18.1 Å². The SMILES string of the molecule is C=CCn1c(CC(=O)Nc2cccc(OC)c2)nnc1SCC(=O)N1CCOCC1. The lowest BCUT2D eigenvalue weighted by molar-refractivity contribution is -0.132. The topological polar surface area (TPSA) is 98.6 Å². The summed E-state index contributed by atoms with van der Waals surface area (Å²) in [7, 11) is 1.57. The molecule has 1 saturated heterocycles. The van der Waals surface area contributed by atoms with E-state index in [4.69, 9.17) is 9.47 Å². The molecule has 0 bridgehead atoms. The predicted molar refractivity (Wildman–Crippen MR) is 114 cm³/mol. The van der Waals surface area contributed by atoms with E-state index in [9.17, 15) is 9.59 Å². The Bertz CT molecular complexity index is 895. The Labute approximate surface area is 179 Å². The van der Waals surface area contributed by atoms with E-state index in [1.165, 1.54) is 11.8 Å². The van der Waals surface area contributed by atoms with Crippen molar-refractivity contribution in [1.82, 2.24) is 19.7 Å². The second kappa shape index (κ2) is 10.8. The van der Waals surface area contributed by atoms with E-state index >= 15 is 0 Å². The Hall–Kier alpha value is -2.85. The van der Waals surface area contributed by atoms with Crippen LogP contribution < -0.4 is 10.1 Å². The van der Waals surface area contributed by atoms with Crippen molar-refractivity contribution in [2.75, 3.05) is 44.5 Å². The van der Waals surface area contributed by atoms with Gasteiger partial charge in [0.15, 0.2) is 5.16 Å². The Morgan fingerprint density at radius 3 is 2.87 bits per heavy atom. The third-order valence-electron chi connectivity index (χ3n) is 4.47. The Morgan fingerprint density at radius 1 is 1.33 bits per heavy atom. The number of aromatic nitrogens is 3. The van der Waals surface area contributed by atoms with Crippen LogP contribution in [0.5, 0.6) is 5.75 Å². The molecule has 0 unspecified atom stereocenters. The summed E-state index contributed by atoms with van der Waals surface area (Å²) >= 11 is 1.31. The minimum Gasteiger partial charge on any atom is -0.497 e. The number of nitrogens with one attached hydrogen (secondary N) is 1. The van der Waals surface area contributed by atoms with Gasteiger partial charge in [-0.05, 0) is 12.1 Å². The zero-order valence-electron chi connectivity index (χ0n) is 16.9. The van der Waals surface area contributed by atoms with Crippen LogP contribution in [0.25, 0.3) is 0 Å². The molecule has 10 heteroatoms. The fourth-order valence-electron chi connectivity index (χ4n) is 2.95. The smallest absolute Gasteiger partial charge is 0.233 e. The molecule has 1 aliphatic heterocycles. The molecule has 2 amide bonds. The van der Waals surface area contributed by atoms with Crippen molar-refractivity contribution >= 4 is 29.3 Å². The fraction of sp³-hybridized carbons (Fsp3) is 0.400. The minimum absolute atomic E-state index is 0.0359. The molecule has 3 rings (SSSR count). The number of benzene rings is 1. The molecule has 1 N–H and O–H groups in total. The van der Waals surface area contributed by atoms with Crippen LogP contribution in [0.3, 0.4) is 0 Å². The predicted octanol–water partition coefficient (Wildman–Crippen LogP) is 1.60. The summed E-state index contributed by atoms with van der Waals surface area (Å²) in [4.78, 5) is 26.6. The van der Waals surface area contributed by atoms with Crippen molar-refractivity contribution in [1.29, 1.82) is 0 Å². The summed E-state index contributed by atoms with van der Waals surface area (Å²) in [6, 6.07) is 7.13. The molecule has 9 nitrogen and oxygen atoms in total. The molecule has 0 aliphatic carbocycles. The third-order valence-corrected chi connectivity index (χ3v) is 5.42. The van der Waals surface area contributed by atoms with Crippen LogP contribution in [-0.2, 0) is 27.3 Å². The van der Waals surface area contributed by atoms with Crippen LogP contribution in [0.15, 0.2) is 42.1 Å². The molecule has 1 aromatic carbocycles. The van der Waals surface area contributed by atoms with Gasteiger partial charge in [-0.1, -0.05) is 23.9 Å². The molecule has 0 spiro atoms. The van der Waals surface area contributed by atoms with Crippen LogP contribution in [0, 0.1) is 0 Å². The number of morpholine rings is 1. The molecule has 30 heavy (non-hydrogen) atoms. The monoisotopic (exact) mass is 431 g/mol. The highest BCUT2D eigenvalue weighted by atomic mass is 32.2. The highest BCUT2D eigenvalue weighted by molar-refractivity contribution is 7.99. The van der Waals surface area contributed by atoms with Gasteiger partial charge in [-0.3, -0.25) is 9.59 Å². The Morgan fingerprint density at radius 2 is 2.13 bits per heavy atom. The number of nitrogens with zero attached hydrogens (tertiary/aromatic N) is 4. The van der Waals surface area contributed by atoms with E-state index < -0.39 is 0 Å². The van der Waals surface area contributed by atoms with Crippen LogP contribution in [0.4, 0.5) is 5.69 Å². The van der Waals surface area contributed by atoms with Gasteiger partial charge in [0.2, 0.25) is 11.8 Å². The summed E-state index contributed by atoms with van der Waals surface area (Å²) in [6.45, 7) is 6.55. The normalized spacial score (nSPS) is 13.7. The van der Waals surface area contributed by atoms with Crippen LogP contribution in [0.1, 0.15) is 5.82 Å². The Balaban J connectivity index is 1.62. The minimum atomic E-state index is -0.220. The van der Waals surface area contributed by atoms with Crippen molar-refractivity contribution in [2.24, 2.45) is 0 Å². The van der Waals surface area contributed by atoms with Crippen molar-refractivity contribution in [3.05, 3.63) is 42.7 Å². The molecule has 1 aromatic heterocycles. The zero-order chi connectivity index (χ0) is 21.3. The van der Waals surface area contributed by atoms with Gasteiger partial charge in [-0.25, -0.2) is 0 Å². The van der Waals surface area contributed by atoms with E-state index in [1.807, 2.05) is 0 Å². The number of amides is 2. The lowest BCUT2D eigenvalue weighted by atomic mass is 10.3. The number of methoxy groups -OCH3 is 1. The first-order valence-corrected chi connectivity index (χ1v) is 10.5. The maximum atomic E-state index is 12.5. The molecule has 1 fully saturated rings. The quantitative estimate of drug-likeness (QED) is 0.476. The molecule has 2 aromatic rings. The van der Waals surface area contributed by atoms with Gasteiger partial charge in [-0.15, -0.1) is 16.8 Å². The maximum Gasteiger partial charge on any atom is 0.233 e. The van der Waals surface area contributed by atoms with Gasteiger partial charge in [0.1, 0.15) is 11.6 Å². The third kappa shape index (κ3) is 5.83. The fourth-order valence-corrected chi connectivity index (χ4v) is 3.82. The molecule has 2 heterocycles. The number of thioether (sulfide) groups is 1. The maximum absolute atomic E-state index is 12.5. The highest BCUT2D eigenvalue weighted by Crippen LogP contribution is 2.20. The number of carbonyl (C=O) groups excluding carboxylic acids is 2. The number of rotatable bonds is 9. The number of hydrogen-bond acceptors (Lipinski definition) is 7. The Kier molecular flexibility index (Phi) is 7.86. The summed E-state index contributed by atoms with van der Waals surface area (Å²) in [6.07, 6.45) is 1.76. The molecule has 0 saturated carbocycles. The van der Waals surface area contributed by atoms with Gasteiger partial charge in [0.05, 0.1) is 32.5 Å². The van der Waals surface area contributed by atoms with E-state index in [2.05, 4.69) is 22.1 Å². The van der Waals surface area contributed by atoms with Gasteiger partial charge < -0.3 is 24.3 Å². The number of carbonyl (C=O) groups is 2. The van der Waals surface area contributed by atoms with E-state index in [1.54, 1.807) is 46.9 Å². The summed E-state index contributed by atoms with van der Waals surface area (Å²) in [5, 5.41) is 11.7. The first kappa shape index (κ1) is 21.8. The van der Waals surface area contributed by atoms with Gasteiger partial charge in [0, 0.05) is 31.4 Å². The lowest BCUT2D eigenvalue weighted by Gasteiger charge is -2.26. The standard InChI is InChI=1S/C20H25N5O4S/c1-3-7-25-17(13-18(26)21-15-5-4-6-16(12-15)28-2)22-23-20(25)30-14-19(27)24-8-10-29-11-9-24/h3-6,12H,1,7-11,13-14H2,2H3,(H,21,26). The second-order valence-electron chi connectivity index (χ2n) is 6.54. The molecule has 0 radical (unpaired) electrons. The summed E-state index contributed by atoms with van der Waals surface area (Å²) in [5.41, 5.74) is 0.639. The molecule has 1 aliphatic rings. The lowest BCUT2D eigenvalue weighted by Crippen LogP contribution is -2.41. The van der Waals surface area contributed by atoms with Crippen LogP contribution in [-0.4, -0.2) is 70.6 Å². The largest absolute Gasteiger partial charge is 0.497 e. The zero-order valence-corrected chi connectivity index (χ0v) is 17.7. The number of ether oxygens (including phenoxy) is 2. The molecular weight excluding hydrogens is 406 g/mol. The summed E-state index contributed by atoms with van der Waals surface area (Å²) in [5.74, 6) is 1.24. The average Bonchev–Trinajstić information content (AvgIpc) is 3.14. The number of anilines is 1. The van der Waals surface area contributed by atoms with Crippen LogP contribution in [0.2, 0.25) is 0 Å². The molecular formula is C20H25N5O4S. The highest BCUT2D eigenvalue weighted by Gasteiger charge is 2.20. The van der Waals surface area contributed by atoms with Gasteiger partial charge in [0.25, 0.3) is 0 Å². The van der Waals surface area contributed by atoms with Crippen LogP contribution >= 0.6 is 11.8 Å². The van der Waals surface area contributed by atoms with E-state index in [0.29, 0.717) is 55.3 Å². The van der Waals surface area contributed by atoms with Gasteiger partial charge in [-0.2, -0.15) is 0 Å².